The molecule has 0 saturated heterocycles. The van der Waals surface area contributed by atoms with Crippen LogP contribution in [0.5, 0.6) is 0 Å². The molecule has 1 amide bonds. The van der Waals surface area contributed by atoms with Gasteiger partial charge in [-0.15, -0.1) is 0 Å². The molecular formula is C15H18N4O3. The molecule has 7 nitrogen and oxygen atoms in total. The lowest BCUT2D eigenvalue weighted by atomic mass is 10.0. The lowest BCUT2D eigenvalue weighted by Crippen LogP contribution is -2.17. The van der Waals surface area contributed by atoms with E-state index in [1.54, 1.807) is 17.9 Å². The average Bonchev–Trinajstić information content (AvgIpc) is 2.92. The molecule has 0 saturated carbocycles. The highest BCUT2D eigenvalue weighted by molar-refractivity contribution is 5.91. The molecule has 0 aliphatic heterocycles. The number of benzene rings is 1. The number of hydrogen-bond donors (Lipinski definition) is 2. The van der Waals surface area contributed by atoms with Crippen LogP contribution in [0.4, 0.5) is 5.69 Å². The van der Waals surface area contributed by atoms with Crippen molar-refractivity contribution in [3.63, 3.8) is 0 Å². The second-order valence-corrected chi connectivity index (χ2v) is 5.25. The number of rotatable bonds is 7. The van der Waals surface area contributed by atoms with Gasteiger partial charge in [-0.05, 0) is 23.6 Å². The first-order valence-corrected chi connectivity index (χ1v) is 6.96. The molecule has 0 unspecified atom stereocenters. The van der Waals surface area contributed by atoms with Crippen molar-refractivity contribution >= 4 is 17.6 Å². The summed E-state index contributed by atoms with van der Waals surface area (Å²) in [6.07, 6.45) is 3.30. The Bertz CT molecular complexity index is 623. The standard InChI is InChI=1S/C15H18N4O3/c1-11(7-15(21)22)6-14(20)18-13-4-2-12(3-5-13)8-19-10-16-9-17-19/h2-5,9-11H,6-8H2,1H3,(H,18,20)(H,21,22)/t11-/m0/s1. The van der Waals surface area contributed by atoms with Gasteiger partial charge in [0.2, 0.25) is 5.91 Å². The summed E-state index contributed by atoms with van der Waals surface area (Å²) in [5, 5.41) is 15.5. The van der Waals surface area contributed by atoms with Gasteiger partial charge in [0.1, 0.15) is 12.7 Å². The fraction of sp³-hybridized carbons (Fsp3) is 0.333. The second kappa shape index (κ2) is 7.35. The van der Waals surface area contributed by atoms with E-state index in [1.807, 2.05) is 24.3 Å². The van der Waals surface area contributed by atoms with Crippen molar-refractivity contribution in [3.8, 4) is 0 Å². The normalized spacial score (nSPS) is 11.9. The highest BCUT2D eigenvalue weighted by Crippen LogP contribution is 2.13. The zero-order valence-corrected chi connectivity index (χ0v) is 12.3. The quantitative estimate of drug-likeness (QED) is 0.812. The van der Waals surface area contributed by atoms with Gasteiger partial charge in [0, 0.05) is 18.5 Å². The Hall–Kier alpha value is -2.70. The van der Waals surface area contributed by atoms with Crippen LogP contribution in [-0.4, -0.2) is 31.7 Å². The molecule has 22 heavy (non-hydrogen) atoms. The fourth-order valence-corrected chi connectivity index (χ4v) is 2.09. The Balaban J connectivity index is 1.85. The van der Waals surface area contributed by atoms with Crippen LogP contribution in [-0.2, 0) is 16.1 Å². The molecule has 0 fully saturated rings. The maximum absolute atomic E-state index is 11.8. The highest BCUT2D eigenvalue weighted by atomic mass is 16.4. The molecular weight excluding hydrogens is 284 g/mol. The summed E-state index contributed by atoms with van der Waals surface area (Å²) < 4.78 is 1.71. The molecule has 2 aromatic rings. The van der Waals surface area contributed by atoms with Gasteiger partial charge < -0.3 is 10.4 Å². The zero-order chi connectivity index (χ0) is 15.9. The first-order valence-electron chi connectivity index (χ1n) is 6.96. The van der Waals surface area contributed by atoms with Crippen molar-refractivity contribution in [1.82, 2.24) is 14.8 Å². The minimum absolute atomic E-state index is 0.00966. The van der Waals surface area contributed by atoms with E-state index in [9.17, 15) is 9.59 Å². The first kappa shape index (κ1) is 15.7. The number of carboxylic acid groups (broad SMARTS) is 1. The van der Waals surface area contributed by atoms with Crippen molar-refractivity contribution in [2.24, 2.45) is 5.92 Å². The number of carbonyl (C=O) groups excluding carboxylic acids is 1. The van der Waals surface area contributed by atoms with Gasteiger partial charge in [-0.1, -0.05) is 19.1 Å². The number of carbonyl (C=O) groups is 2. The number of nitrogens with one attached hydrogen (secondary N) is 1. The summed E-state index contributed by atoms with van der Waals surface area (Å²) in [6.45, 7) is 2.36. The summed E-state index contributed by atoms with van der Waals surface area (Å²) in [4.78, 5) is 26.3. The lowest BCUT2D eigenvalue weighted by molar-refractivity contribution is -0.138. The van der Waals surface area contributed by atoms with Crippen LogP contribution < -0.4 is 5.32 Å². The zero-order valence-electron chi connectivity index (χ0n) is 12.3. The molecule has 116 valence electrons. The smallest absolute Gasteiger partial charge is 0.303 e. The molecule has 0 radical (unpaired) electrons. The van der Waals surface area contributed by atoms with E-state index in [4.69, 9.17) is 5.11 Å². The highest BCUT2D eigenvalue weighted by Gasteiger charge is 2.12. The molecule has 1 atom stereocenters. The predicted octanol–water partition coefficient (Wildman–Crippen LogP) is 1.77. The maximum Gasteiger partial charge on any atom is 0.303 e. The molecule has 1 aromatic carbocycles. The van der Waals surface area contributed by atoms with E-state index < -0.39 is 5.97 Å². The van der Waals surface area contributed by atoms with Crippen LogP contribution in [0.25, 0.3) is 0 Å². The van der Waals surface area contributed by atoms with E-state index >= 15 is 0 Å². The summed E-state index contributed by atoms with van der Waals surface area (Å²) >= 11 is 0. The van der Waals surface area contributed by atoms with Crippen molar-refractivity contribution in [1.29, 1.82) is 0 Å². The minimum Gasteiger partial charge on any atom is -0.481 e. The maximum atomic E-state index is 11.8. The molecule has 1 aromatic heterocycles. The molecule has 0 aliphatic carbocycles. The monoisotopic (exact) mass is 302 g/mol. The molecule has 2 N–H and O–H groups in total. The Kier molecular flexibility index (Phi) is 5.24. The van der Waals surface area contributed by atoms with Crippen LogP contribution >= 0.6 is 0 Å². The lowest BCUT2D eigenvalue weighted by Gasteiger charge is -2.10. The van der Waals surface area contributed by atoms with E-state index in [0.29, 0.717) is 12.2 Å². The van der Waals surface area contributed by atoms with Crippen LogP contribution in [0.2, 0.25) is 0 Å². The van der Waals surface area contributed by atoms with Crippen LogP contribution in [0, 0.1) is 5.92 Å². The molecule has 2 rings (SSSR count). The van der Waals surface area contributed by atoms with Gasteiger partial charge in [0.05, 0.1) is 6.54 Å². The molecule has 1 heterocycles. The summed E-state index contributed by atoms with van der Waals surface area (Å²) in [6, 6.07) is 7.42. The number of anilines is 1. The summed E-state index contributed by atoms with van der Waals surface area (Å²) in [7, 11) is 0. The van der Waals surface area contributed by atoms with Crippen LogP contribution in [0.3, 0.4) is 0 Å². The Labute approximate surface area is 128 Å². The third-order valence-corrected chi connectivity index (χ3v) is 3.11. The second-order valence-electron chi connectivity index (χ2n) is 5.25. The van der Waals surface area contributed by atoms with Gasteiger partial charge in [0.25, 0.3) is 0 Å². The minimum atomic E-state index is -0.891. The fourth-order valence-electron chi connectivity index (χ4n) is 2.09. The molecule has 0 bridgehead atoms. The van der Waals surface area contributed by atoms with E-state index in [1.165, 1.54) is 6.33 Å². The van der Waals surface area contributed by atoms with Crippen LogP contribution in [0.15, 0.2) is 36.9 Å². The van der Waals surface area contributed by atoms with Gasteiger partial charge in [-0.2, -0.15) is 5.10 Å². The Morgan fingerprint density at radius 2 is 2.00 bits per heavy atom. The summed E-state index contributed by atoms with van der Waals surface area (Å²) in [5.74, 6) is -1.26. The summed E-state index contributed by atoms with van der Waals surface area (Å²) in [5.41, 5.74) is 1.73. The third kappa shape index (κ3) is 5.01. The molecule has 0 spiro atoms. The van der Waals surface area contributed by atoms with Gasteiger partial charge in [-0.3, -0.25) is 9.59 Å². The predicted molar refractivity (Wildman–Crippen MR) is 80.2 cm³/mol. The van der Waals surface area contributed by atoms with E-state index in [2.05, 4.69) is 15.4 Å². The largest absolute Gasteiger partial charge is 0.481 e. The number of hydrogen-bond acceptors (Lipinski definition) is 4. The van der Waals surface area contributed by atoms with Crippen molar-refractivity contribution < 1.29 is 14.7 Å². The number of carboxylic acids is 1. The number of aliphatic carboxylic acids is 1. The Morgan fingerprint density at radius 3 is 2.59 bits per heavy atom. The SMILES string of the molecule is C[C@H](CC(=O)O)CC(=O)Nc1ccc(Cn2cncn2)cc1. The van der Waals surface area contributed by atoms with Crippen LogP contribution in [0.1, 0.15) is 25.3 Å². The average molecular weight is 302 g/mol. The number of aromatic nitrogens is 3. The topological polar surface area (TPSA) is 97.1 Å². The molecule has 7 heteroatoms. The Morgan fingerprint density at radius 1 is 1.27 bits per heavy atom. The number of nitrogens with zero attached hydrogens (tertiary/aromatic N) is 3. The van der Waals surface area contributed by atoms with Crippen molar-refractivity contribution in [2.75, 3.05) is 5.32 Å². The van der Waals surface area contributed by atoms with Crippen molar-refractivity contribution in [3.05, 3.63) is 42.5 Å². The van der Waals surface area contributed by atoms with Gasteiger partial charge >= 0.3 is 5.97 Å². The van der Waals surface area contributed by atoms with Gasteiger partial charge in [0.15, 0.2) is 0 Å². The third-order valence-electron chi connectivity index (χ3n) is 3.11. The van der Waals surface area contributed by atoms with Crippen molar-refractivity contribution in [2.45, 2.75) is 26.3 Å². The number of amides is 1. The first-order chi connectivity index (χ1) is 10.5. The molecule has 0 aliphatic rings. The van der Waals surface area contributed by atoms with Gasteiger partial charge in [-0.25, -0.2) is 9.67 Å². The van der Waals surface area contributed by atoms with E-state index in [-0.39, 0.29) is 24.7 Å². The van der Waals surface area contributed by atoms with E-state index in [0.717, 1.165) is 5.56 Å².